The van der Waals surface area contributed by atoms with Gasteiger partial charge in [-0.05, 0) is 38.4 Å². The van der Waals surface area contributed by atoms with E-state index in [2.05, 4.69) is 24.4 Å². The normalized spacial score (nSPS) is 23.1. The Morgan fingerprint density at radius 2 is 2.05 bits per heavy atom. The van der Waals surface area contributed by atoms with Crippen LogP contribution in [0.5, 0.6) is 0 Å². The average molecular weight is 260 g/mol. The molecule has 3 rings (SSSR count). The SMILES string of the molecule is Cc1ccc(N(C(=O)[C@@H]2CCCN2)C2COC2)cc1. The highest BCUT2D eigenvalue weighted by Gasteiger charge is 2.35. The molecule has 2 aliphatic rings. The smallest absolute Gasteiger partial charge is 0.244 e. The van der Waals surface area contributed by atoms with E-state index in [0.29, 0.717) is 13.2 Å². The van der Waals surface area contributed by atoms with E-state index in [9.17, 15) is 4.79 Å². The second-order valence-corrected chi connectivity index (χ2v) is 5.38. The molecule has 1 N–H and O–H groups in total. The second-order valence-electron chi connectivity index (χ2n) is 5.38. The lowest BCUT2D eigenvalue weighted by atomic mass is 10.1. The quantitative estimate of drug-likeness (QED) is 0.895. The molecule has 2 fully saturated rings. The first kappa shape index (κ1) is 12.6. The maximum absolute atomic E-state index is 12.7. The van der Waals surface area contributed by atoms with E-state index < -0.39 is 0 Å². The predicted octanol–water partition coefficient (Wildman–Crippen LogP) is 1.48. The third-order valence-electron chi connectivity index (χ3n) is 3.89. The summed E-state index contributed by atoms with van der Waals surface area (Å²) in [5.41, 5.74) is 2.19. The van der Waals surface area contributed by atoms with Crippen LogP contribution in [0.4, 0.5) is 5.69 Å². The summed E-state index contributed by atoms with van der Waals surface area (Å²) in [7, 11) is 0. The molecule has 2 aliphatic heterocycles. The van der Waals surface area contributed by atoms with Gasteiger partial charge in [0.05, 0.1) is 25.3 Å². The number of anilines is 1. The number of carbonyl (C=O) groups is 1. The fourth-order valence-electron chi connectivity index (χ4n) is 2.66. The lowest BCUT2D eigenvalue weighted by Crippen LogP contribution is -2.56. The van der Waals surface area contributed by atoms with Crippen LogP contribution in [0.1, 0.15) is 18.4 Å². The Balaban J connectivity index is 1.84. The fraction of sp³-hybridized carbons (Fsp3) is 0.533. The van der Waals surface area contributed by atoms with Gasteiger partial charge in [0.15, 0.2) is 0 Å². The lowest BCUT2D eigenvalue weighted by molar-refractivity contribution is -0.123. The second kappa shape index (κ2) is 5.31. The molecule has 0 aromatic heterocycles. The van der Waals surface area contributed by atoms with Gasteiger partial charge in [-0.15, -0.1) is 0 Å². The van der Waals surface area contributed by atoms with Crippen LogP contribution in [0.15, 0.2) is 24.3 Å². The molecule has 2 saturated heterocycles. The number of benzene rings is 1. The topological polar surface area (TPSA) is 41.6 Å². The molecular weight excluding hydrogens is 240 g/mol. The Morgan fingerprint density at radius 1 is 1.32 bits per heavy atom. The van der Waals surface area contributed by atoms with Gasteiger partial charge in [0.25, 0.3) is 0 Å². The average Bonchev–Trinajstić information content (AvgIpc) is 2.88. The zero-order valence-corrected chi connectivity index (χ0v) is 11.3. The van der Waals surface area contributed by atoms with Gasteiger partial charge in [0.2, 0.25) is 5.91 Å². The van der Waals surface area contributed by atoms with Crippen LogP contribution < -0.4 is 10.2 Å². The molecule has 1 aromatic carbocycles. The minimum Gasteiger partial charge on any atom is -0.377 e. The monoisotopic (exact) mass is 260 g/mol. The lowest BCUT2D eigenvalue weighted by Gasteiger charge is -2.38. The molecule has 1 aromatic rings. The summed E-state index contributed by atoms with van der Waals surface area (Å²) in [4.78, 5) is 14.6. The van der Waals surface area contributed by atoms with Crippen molar-refractivity contribution >= 4 is 11.6 Å². The largest absolute Gasteiger partial charge is 0.377 e. The van der Waals surface area contributed by atoms with Crippen molar-refractivity contribution in [3.8, 4) is 0 Å². The van der Waals surface area contributed by atoms with Crippen LogP contribution in [-0.4, -0.2) is 37.7 Å². The molecular formula is C15H20N2O2. The Morgan fingerprint density at radius 3 is 2.58 bits per heavy atom. The zero-order chi connectivity index (χ0) is 13.2. The number of rotatable bonds is 3. The van der Waals surface area contributed by atoms with E-state index >= 15 is 0 Å². The van der Waals surface area contributed by atoms with Crippen molar-refractivity contribution < 1.29 is 9.53 Å². The molecule has 2 heterocycles. The van der Waals surface area contributed by atoms with Crippen LogP contribution in [0.3, 0.4) is 0 Å². The van der Waals surface area contributed by atoms with Crippen LogP contribution >= 0.6 is 0 Å². The van der Waals surface area contributed by atoms with Crippen LogP contribution in [0.2, 0.25) is 0 Å². The standard InChI is InChI=1S/C15H20N2O2/c1-11-4-6-12(7-5-11)17(13-9-19-10-13)15(18)14-3-2-8-16-14/h4-7,13-14,16H,2-3,8-10H2,1H3/t14-/m0/s1. The highest BCUT2D eigenvalue weighted by Crippen LogP contribution is 2.24. The van der Waals surface area contributed by atoms with Gasteiger partial charge in [-0.1, -0.05) is 17.7 Å². The first-order chi connectivity index (χ1) is 9.25. The molecule has 0 unspecified atom stereocenters. The number of carbonyl (C=O) groups excluding carboxylic acids is 1. The summed E-state index contributed by atoms with van der Waals surface area (Å²) >= 11 is 0. The Hall–Kier alpha value is -1.39. The maximum Gasteiger partial charge on any atom is 0.244 e. The van der Waals surface area contributed by atoms with Gasteiger partial charge < -0.3 is 15.0 Å². The number of amides is 1. The van der Waals surface area contributed by atoms with E-state index in [4.69, 9.17) is 4.74 Å². The van der Waals surface area contributed by atoms with Crippen LogP contribution in [0, 0.1) is 6.92 Å². The van der Waals surface area contributed by atoms with Gasteiger partial charge in [-0.25, -0.2) is 0 Å². The molecule has 102 valence electrons. The maximum atomic E-state index is 12.7. The molecule has 4 heteroatoms. The van der Waals surface area contributed by atoms with Crippen molar-refractivity contribution in [3.05, 3.63) is 29.8 Å². The zero-order valence-electron chi connectivity index (χ0n) is 11.3. The number of aryl methyl sites for hydroxylation is 1. The van der Waals surface area contributed by atoms with Crippen molar-refractivity contribution in [1.82, 2.24) is 5.32 Å². The molecule has 0 bridgehead atoms. The fourth-order valence-corrected chi connectivity index (χ4v) is 2.66. The molecule has 0 spiro atoms. The molecule has 4 nitrogen and oxygen atoms in total. The Kier molecular flexibility index (Phi) is 3.53. The van der Waals surface area contributed by atoms with Gasteiger partial charge >= 0.3 is 0 Å². The summed E-state index contributed by atoms with van der Waals surface area (Å²) < 4.78 is 5.26. The first-order valence-corrected chi connectivity index (χ1v) is 6.96. The van der Waals surface area contributed by atoms with Gasteiger partial charge in [-0.2, -0.15) is 0 Å². The number of nitrogens with one attached hydrogen (secondary N) is 1. The number of hydrogen-bond acceptors (Lipinski definition) is 3. The van der Waals surface area contributed by atoms with Crippen molar-refractivity contribution in [2.75, 3.05) is 24.7 Å². The summed E-state index contributed by atoms with van der Waals surface area (Å²) in [6.07, 6.45) is 2.02. The number of hydrogen-bond donors (Lipinski definition) is 1. The van der Waals surface area contributed by atoms with Crippen LogP contribution in [0.25, 0.3) is 0 Å². The van der Waals surface area contributed by atoms with E-state index in [1.54, 1.807) is 0 Å². The molecule has 1 atom stereocenters. The van der Waals surface area contributed by atoms with Gasteiger partial charge in [0, 0.05) is 5.69 Å². The molecule has 19 heavy (non-hydrogen) atoms. The minimum absolute atomic E-state index is 0.0260. The van der Waals surface area contributed by atoms with Gasteiger partial charge in [-0.3, -0.25) is 4.79 Å². The van der Waals surface area contributed by atoms with Crippen molar-refractivity contribution in [3.63, 3.8) is 0 Å². The Bertz CT molecular complexity index is 448. The molecule has 0 aliphatic carbocycles. The Labute approximate surface area is 113 Å². The van der Waals surface area contributed by atoms with E-state index in [-0.39, 0.29) is 18.0 Å². The van der Waals surface area contributed by atoms with Crippen molar-refractivity contribution in [1.29, 1.82) is 0 Å². The van der Waals surface area contributed by atoms with E-state index in [0.717, 1.165) is 25.1 Å². The molecule has 1 amide bonds. The number of ether oxygens (including phenoxy) is 1. The minimum atomic E-state index is -0.0260. The third kappa shape index (κ3) is 2.51. The highest BCUT2D eigenvalue weighted by atomic mass is 16.5. The van der Waals surface area contributed by atoms with E-state index in [1.807, 2.05) is 17.0 Å². The molecule has 0 radical (unpaired) electrons. The summed E-state index contributed by atoms with van der Waals surface area (Å²) in [5.74, 6) is 0.189. The summed E-state index contributed by atoms with van der Waals surface area (Å²) in [6.45, 7) is 4.29. The molecule has 0 saturated carbocycles. The third-order valence-corrected chi connectivity index (χ3v) is 3.89. The van der Waals surface area contributed by atoms with E-state index in [1.165, 1.54) is 5.56 Å². The summed E-state index contributed by atoms with van der Waals surface area (Å²) in [6, 6.07) is 8.33. The van der Waals surface area contributed by atoms with Crippen molar-refractivity contribution in [2.45, 2.75) is 31.8 Å². The first-order valence-electron chi connectivity index (χ1n) is 6.96. The number of nitrogens with zero attached hydrogens (tertiary/aromatic N) is 1. The highest BCUT2D eigenvalue weighted by molar-refractivity contribution is 5.98. The predicted molar refractivity (Wildman–Crippen MR) is 74.3 cm³/mol. The van der Waals surface area contributed by atoms with Crippen molar-refractivity contribution in [2.24, 2.45) is 0 Å². The van der Waals surface area contributed by atoms with Gasteiger partial charge in [0.1, 0.15) is 0 Å². The summed E-state index contributed by atoms with van der Waals surface area (Å²) in [5, 5.41) is 3.29. The van der Waals surface area contributed by atoms with Crippen LogP contribution in [-0.2, 0) is 9.53 Å².